The van der Waals surface area contributed by atoms with Crippen molar-refractivity contribution in [2.45, 2.75) is 26.0 Å². The molecule has 1 aliphatic heterocycles. The highest BCUT2D eigenvalue weighted by atomic mass is 16.5. The van der Waals surface area contributed by atoms with Crippen molar-refractivity contribution in [1.82, 2.24) is 10.2 Å². The first-order valence-electron chi connectivity index (χ1n) is 9.43. The molecule has 144 valence electrons. The van der Waals surface area contributed by atoms with E-state index in [0.29, 0.717) is 18.7 Å². The number of rotatable bonds is 7. The molecule has 0 unspecified atom stereocenters. The Hall–Kier alpha value is -2.37. The molecule has 0 radical (unpaired) electrons. The molecule has 0 saturated carbocycles. The Morgan fingerprint density at radius 2 is 1.74 bits per heavy atom. The third kappa shape index (κ3) is 5.31. The van der Waals surface area contributed by atoms with Gasteiger partial charge in [0, 0.05) is 36.3 Å². The smallest absolute Gasteiger partial charge is 0.251 e. The number of carbonyl (C=O) groups excluding carboxylic acids is 1. The van der Waals surface area contributed by atoms with Crippen LogP contribution in [0.25, 0.3) is 0 Å². The molecule has 1 aliphatic rings. The van der Waals surface area contributed by atoms with Gasteiger partial charge in [-0.05, 0) is 32.0 Å². The average molecular weight is 368 g/mol. The molecule has 0 aromatic heterocycles. The molecule has 3 rings (SSSR count). The number of para-hydroxylation sites is 1. The van der Waals surface area contributed by atoms with E-state index in [0.717, 1.165) is 37.6 Å². The van der Waals surface area contributed by atoms with Crippen LogP contribution in [0, 0.1) is 0 Å². The molecule has 27 heavy (non-hydrogen) atoms. The summed E-state index contributed by atoms with van der Waals surface area (Å²) in [5, 5.41) is 3.10. The highest BCUT2D eigenvalue weighted by Crippen LogP contribution is 2.17. The Morgan fingerprint density at radius 3 is 2.48 bits per heavy atom. The van der Waals surface area contributed by atoms with E-state index in [2.05, 4.69) is 24.1 Å². The van der Waals surface area contributed by atoms with Crippen molar-refractivity contribution in [3.63, 3.8) is 0 Å². The third-order valence-electron chi connectivity index (χ3n) is 4.95. The van der Waals surface area contributed by atoms with Gasteiger partial charge in [-0.3, -0.25) is 9.69 Å². The number of ether oxygens (including phenoxy) is 2. The summed E-state index contributed by atoms with van der Waals surface area (Å²) in [6.45, 7) is 8.54. The van der Waals surface area contributed by atoms with Crippen LogP contribution in [0.15, 0.2) is 54.6 Å². The summed E-state index contributed by atoms with van der Waals surface area (Å²) in [5.74, 6) is 0.727. The van der Waals surface area contributed by atoms with Crippen molar-refractivity contribution in [3.05, 3.63) is 65.7 Å². The quantitative estimate of drug-likeness (QED) is 0.816. The van der Waals surface area contributed by atoms with Crippen LogP contribution < -0.4 is 10.1 Å². The van der Waals surface area contributed by atoms with Gasteiger partial charge in [0.2, 0.25) is 0 Å². The zero-order valence-corrected chi connectivity index (χ0v) is 16.1. The maximum absolute atomic E-state index is 12.8. The van der Waals surface area contributed by atoms with Gasteiger partial charge in [0.25, 0.3) is 5.91 Å². The van der Waals surface area contributed by atoms with E-state index in [4.69, 9.17) is 9.47 Å². The van der Waals surface area contributed by atoms with Crippen LogP contribution in [-0.4, -0.2) is 49.2 Å². The average Bonchev–Trinajstić information content (AvgIpc) is 2.72. The Kier molecular flexibility index (Phi) is 6.48. The van der Waals surface area contributed by atoms with Gasteiger partial charge < -0.3 is 14.8 Å². The molecule has 1 heterocycles. The predicted octanol–water partition coefficient (Wildman–Crippen LogP) is 3.11. The zero-order valence-electron chi connectivity index (χ0n) is 16.1. The van der Waals surface area contributed by atoms with Crippen LogP contribution in [0.4, 0.5) is 0 Å². The van der Waals surface area contributed by atoms with Crippen molar-refractivity contribution >= 4 is 5.91 Å². The fourth-order valence-corrected chi connectivity index (χ4v) is 3.22. The molecule has 5 heteroatoms. The summed E-state index contributed by atoms with van der Waals surface area (Å²) in [6, 6.07) is 17.2. The Balaban J connectivity index is 1.61. The lowest BCUT2D eigenvalue weighted by Crippen LogP contribution is -2.55. The summed E-state index contributed by atoms with van der Waals surface area (Å²) >= 11 is 0. The maximum Gasteiger partial charge on any atom is 0.251 e. The lowest BCUT2D eigenvalue weighted by Gasteiger charge is -2.40. The van der Waals surface area contributed by atoms with E-state index in [9.17, 15) is 4.79 Å². The van der Waals surface area contributed by atoms with Crippen LogP contribution >= 0.6 is 0 Å². The van der Waals surface area contributed by atoms with Gasteiger partial charge in [0.15, 0.2) is 0 Å². The minimum absolute atomic E-state index is 0.0661. The number of benzene rings is 2. The van der Waals surface area contributed by atoms with E-state index < -0.39 is 0 Å². The Labute approximate surface area is 161 Å². The topological polar surface area (TPSA) is 50.8 Å². The van der Waals surface area contributed by atoms with Crippen molar-refractivity contribution in [3.8, 4) is 5.75 Å². The van der Waals surface area contributed by atoms with Crippen LogP contribution in [0.5, 0.6) is 5.75 Å². The minimum Gasteiger partial charge on any atom is -0.489 e. The normalized spacial score (nSPS) is 15.3. The van der Waals surface area contributed by atoms with E-state index in [1.54, 1.807) is 0 Å². The first-order chi connectivity index (χ1) is 13.1. The van der Waals surface area contributed by atoms with Crippen LogP contribution in [0.3, 0.4) is 0 Å². The van der Waals surface area contributed by atoms with E-state index >= 15 is 0 Å². The van der Waals surface area contributed by atoms with Crippen molar-refractivity contribution in [2.24, 2.45) is 0 Å². The molecule has 0 bridgehead atoms. The second-order valence-corrected chi connectivity index (χ2v) is 7.35. The zero-order chi connectivity index (χ0) is 19.1. The fourth-order valence-electron chi connectivity index (χ4n) is 3.22. The lowest BCUT2D eigenvalue weighted by atomic mass is 10.0. The summed E-state index contributed by atoms with van der Waals surface area (Å²) in [5.41, 5.74) is 1.42. The standard InChI is InChI=1S/C22H28N2O3/c1-22(2,24-12-14-26-15-13-24)17-23-21(25)20-11-7-6-8-18(20)16-27-19-9-4-3-5-10-19/h3-11H,12-17H2,1-2H3,(H,23,25). The first kappa shape index (κ1) is 19.4. The molecular weight excluding hydrogens is 340 g/mol. The molecule has 1 fully saturated rings. The molecule has 0 atom stereocenters. The van der Waals surface area contributed by atoms with Gasteiger partial charge in [-0.1, -0.05) is 36.4 Å². The summed E-state index contributed by atoms with van der Waals surface area (Å²) in [6.07, 6.45) is 0. The summed E-state index contributed by atoms with van der Waals surface area (Å²) in [4.78, 5) is 15.2. The van der Waals surface area contributed by atoms with E-state index in [1.807, 2.05) is 54.6 Å². The molecule has 1 amide bonds. The van der Waals surface area contributed by atoms with E-state index in [1.165, 1.54) is 0 Å². The number of amides is 1. The van der Waals surface area contributed by atoms with Gasteiger partial charge in [-0.25, -0.2) is 0 Å². The van der Waals surface area contributed by atoms with Crippen molar-refractivity contribution in [2.75, 3.05) is 32.8 Å². The maximum atomic E-state index is 12.8. The molecule has 2 aromatic rings. The van der Waals surface area contributed by atoms with Crippen LogP contribution in [0.1, 0.15) is 29.8 Å². The van der Waals surface area contributed by atoms with Gasteiger partial charge in [-0.15, -0.1) is 0 Å². The van der Waals surface area contributed by atoms with Crippen LogP contribution in [-0.2, 0) is 11.3 Å². The highest BCUT2D eigenvalue weighted by molar-refractivity contribution is 5.95. The van der Waals surface area contributed by atoms with Gasteiger partial charge in [-0.2, -0.15) is 0 Å². The number of morpholine rings is 1. The first-order valence-corrected chi connectivity index (χ1v) is 9.43. The van der Waals surface area contributed by atoms with Crippen molar-refractivity contribution < 1.29 is 14.3 Å². The number of hydrogen-bond donors (Lipinski definition) is 1. The third-order valence-corrected chi connectivity index (χ3v) is 4.95. The Morgan fingerprint density at radius 1 is 1.07 bits per heavy atom. The summed E-state index contributed by atoms with van der Waals surface area (Å²) in [7, 11) is 0. The second-order valence-electron chi connectivity index (χ2n) is 7.35. The van der Waals surface area contributed by atoms with Gasteiger partial charge in [0.05, 0.1) is 13.2 Å². The molecule has 1 N–H and O–H groups in total. The molecule has 5 nitrogen and oxygen atoms in total. The number of nitrogens with one attached hydrogen (secondary N) is 1. The minimum atomic E-state index is -0.116. The van der Waals surface area contributed by atoms with E-state index in [-0.39, 0.29) is 11.4 Å². The van der Waals surface area contributed by atoms with Gasteiger partial charge in [0.1, 0.15) is 12.4 Å². The second kappa shape index (κ2) is 9.02. The SMILES string of the molecule is CC(C)(CNC(=O)c1ccccc1COc1ccccc1)N1CCOCC1. The molecule has 0 spiro atoms. The van der Waals surface area contributed by atoms with Gasteiger partial charge >= 0.3 is 0 Å². The molecule has 1 saturated heterocycles. The largest absolute Gasteiger partial charge is 0.489 e. The fraction of sp³-hybridized carbons (Fsp3) is 0.409. The van der Waals surface area contributed by atoms with Crippen LogP contribution in [0.2, 0.25) is 0 Å². The highest BCUT2D eigenvalue weighted by Gasteiger charge is 2.28. The monoisotopic (exact) mass is 368 g/mol. The Bertz CT molecular complexity index is 740. The lowest BCUT2D eigenvalue weighted by molar-refractivity contribution is -0.00923. The number of nitrogens with zero attached hydrogens (tertiary/aromatic N) is 1. The summed E-state index contributed by atoms with van der Waals surface area (Å²) < 4.78 is 11.2. The molecular formula is C22H28N2O3. The number of carbonyl (C=O) groups is 1. The predicted molar refractivity (Wildman–Crippen MR) is 106 cm³/mol. The van der Waals surface area contributed by atoms with Crippen molar-refractivity contribution in [1.29, 1.82) is 0 Å². The number of hydrogen-bond acceptors (Lipinski definition) is 4. The molecule has 2 aromatic carbocycles. The molecule has 0 aliphatic carbocycles.